The largest absolute Gasteiger partial charge is 0.474 e. The molecular weight excluding hydrogens is 360 g/mol. The third-order valence-electron chi connectivity index (χ3n) is 5.92. The van der Waals surface area contributed by atoms with Crippen LogP contribution in [0.3, 0.4) is 0 Å². The third kappa shape index (κ3) is 3.81. The van der Waals surface area contributed by atoms with Crippen LogP contribution in [-0.4, -0.2) is 35.0 Å². The summed E-state index contributed by atoms with van der Waals surface area (Å²) in [7, 11) is 0. The van der Waals surface area contributed by atoms with Crippen molar-refractivity contribution in [2.45, 2.75) is 50.0 Å². The summed E-state index contributed by atoms with van der Waals surface area (Å²) in [6.07, 6.45) is 7.62. The maximum atomic E-state index is 13.5. The van der Waals surface area contributed by atoms with Gasteiger partial charge in [-0.15, -0.1) is 0 Å². The average Bonchev–Trinajstić information content (AvgIpc) is 3.20. The summed E-state index contributed by atoms with van der Waals surface area (Å²) < 4.78 is 5.97. The number of amides is 1. The second-order valence-corrected chi connectivity index (χ2v) is 8.01. The predicted octanol–water partition coefficient (Wildman–Crippen LogP) is 4.62. The van der Waals surface area contributed by atoms with Crippen molar-refractivity contribution < 1.29 is 9.53 Å². The minimum Gasteiger partial charge on any atom is -0.474 e. The zero-order chi connectivity index (χ0) is 18.7. The molecule has 142 valence electrons. The second-order valence-electron chi connectivity index (χ2n) is 7.57. The number of carbonyl (C=O) groups is 1. The smallest absolute Gasteiger partial charge is 0.233 e. The maximum absolute atomic E-state index is 13.5. The van der Waals surface area contributed by atoms with Crippen LogP contribution in [0.25, 0.3) is 0 Å². The normalized spacial score (nSPS) is 19.8. The number of halogens is 1. The minimum atomic E-state index is -0.376. The Labute approximate surface area is 165 Å². The number of piperidine rings is 1. The number of pyridine rings is 1. The van der Waals surface area contributed by atoms with Gasteiger partial charge in [-0.05, 0) is 36.6 Å². The molecule has 2 aromatic rings. The van der Waals surface area contributed by atoms with Crippen LogP contribution in [0.5, 0.6) is 5.88 Å². The van der Waals surface area contributed by atoms with E-state index >= 15 is 0 Å². The van der Waals surface area contributed by atoms with Crippen molar-refractivity contribution in [3.8, 4) is 5.88 Å². The van der Waals surface area contributed by atoms with Gasteiger partial charge in [0.25, 0.3) is 0 Å². The van der Waals surface area contributed by atoms with Crippen LogP contribution in [0, 0.1) is 0 Å². The Morgan fingerprint density at radius 1 is 1.07 bits per heavy atom. The zero-order valence-electron chi connectivity index (χ0n) is 15.4. The highest BCUT2D eigenvalue weighted by molar-refractivity contribution is 6.30. The molecule has 1 saturated carbocycles. The molecule has 4 rings (SSSR count). The van der Waals surface area contributed by atoms with Gasteiger partial charge in [-0.1, -0.05) is 42.6 Å². The van der Waals surface area contributed by atoms with E-state index in [-0.39, 0.29) is 17.4 Å². The molecule has 27 heavy (non-hydrogen) atoms. The van der Waals surface area contributed by atoms with Crippen LogP contribution in [0.15, 0.2) is 48.7 Å². The van der Waals surface area contributed by atoms with Crippen molar-refractivity contribution in [1.29, 1.82) is 0 Å². The zero-order valence-corrected chi connectivity index (χ0v) is 16.2. The van der Waals surface area contributed by atoms with Crippen LogP contribution in [0.4, 0.5) is 0 Å². The van der Waals surface area contributed by atoms with E-state index in [4.69, 9.17) is 16.3 Å². The van der Waals surface area contributed by atoms with Crippen molar-refractivity contribution in [2.24, 2.45) is 0 Å². The lowest BCUT2D eigenvalue weighted by Gasteiger charge is -2.38. The molecular formula is C22H25ClN2O2. The molecule has 1 aliphatic heterocycles. The Bertz CT molecular complexity index is 765. The Morgan fingerprint density at radius 3 is 2.41 bits per heavy atom. The maximum Gasteiger partial charge on any atom is 0.233 e. The van der Waals surface area contributed by atoms with E-state index in [0.29, 0.717) is 10.9 Å². The number of likely N-dealkylation sites (tertiary alicyclic amines) is 1. The molecule has 1 amide bonds. The summed E-state index contributed by atoms with van der Waals surface area (Å²) in [5, 5.41) is 0.715. The summed E-state index contributed by atoms with van der Waals surface area (Å²) in [5.41, 5.74) is 0.737. The van der Waals surface area contributed by atoms with Gasteiger partial charge in [-0.25, -0.2) is 4.98 Å². The molecule has 5 heteroatoms. The van der Waals surface area contributed by atoms with Crippen LogP contribution in [-0.2, 0) is 10.2 Å². The van der Waals surface area contributed by atoms with E-state index in [1.54, 1.807) is 6.20 Å². The van der Waals surface area contributed by atoms with Gasteiger partial charge in [0.2, 0.25) is 11.8 Å². The highest BCUT2D eigenvalue weighted by atomic mass is 35.5. The number of carbonyl (C=O) groups excluding carboxylic acids is 1. The van der Waals surface area contributed by atoms with E-state index in [9.17, 15) is 4.79 Å². The van der Waals surface area contributed by atoms with E-state index in [0.717, 1.165) is 57.2 Å². The summed E-state index contributed by atoms with van der Waals surface area (Å²) in [4.78, 5) is 19.8. The molecule has 0 bridgehead atoms. The number of ether oxygens (including phenoxy) is 1. The molecule has 4 nitrogen and oxygen atoms in total. The number of rotatable bonds is 4. The Kier molecular flexibility index (Phi) is 5.35. The molecule has 1 saturated heterocycles. The van der Waals surface area contributed by atoms with E-state index in [2.05, 4.69) is 4.98 Å². The SMILES string of the molecule is O=C(N1CCC(Oc2ccccn2)CC1)C1(c2ccc(Cl)cc2)CCCC1. The van der Waals surface area contributed by atoms with E-state index in [1.807, 2.05) is 47.4 Å². The molecule has 2 aliphatic rings. The molecule has 0 atom stereocenters. The molecule has 2 heterocycles. The first-order valence-corrected chi connectivity index (χ1v) is 10.2. The summed E-state index contributed by atoms with van der Waals surface area (Å²) in [6.45, 7) is 1.48. The molecule has 0 radical (unpaired) electrons. The molecule has 1 aromatic carbocycles. The lowest BCUT2D eigenvalue weighted by atomic mass is 9.77. The molecule has 1 aliphatic carbocycles. The number of hydrogen-bond acceptors (Lipinski definition) is 3. The van der Waals surface area contributed by atoms with Crippen LogP contribution >= 0.6 is 11.6 Å². The topological polar surface area (TPSA) is 42.4 Å². The molecule has 2 fully saturated rings. The fourth-order valence-corrected chi connectivity index (χ4v) is 4.57. The van der Waals surface area contributed by atoms with Gasteiger partial charge in [-0.2, -0.15) is 0 Å². The third-order valence-corrected chi connectivity index (χ3v) is 6.17. The molecule has 0 unspecified atom stereocenters. The first-order valence-electron chi connectivity index (χ1n) is 9.80. The van der Waals surface area contributed by atoms with Crippen molar-refractivity contribution in [3.05, 3.63) is 59.2 Å². The summed E-state index contributed by atoms with van der Waals surface area (Å²) >= 11 is 6.06. The number of aromatic nitrogens is 1. The summed E-state index contributed by atoms with van der Waals surface area (Å²) in [5.74, 6) is 0.939. The Morgan fingerprint density at radius 2 is 1.78 bits per heavy atom. The quantitative estimate of drug-likeness (QED) is 0.772. The highest BCUT2D eigenvalue weighted by Gasteiger charge is 2.45. The molecule has 0 N–H and O–H groups in total. The fraction of sp³-hybridized carbons (Fsp3) is 0.455. The Balaban J connectivity index is 1.43. The molecule has 0 spiro atoms. The monoisotopic (exact) mass is 384 g/mol. The minimum absolute atomic E-state index is 0.124. The Hall–Kier alpha value is -2.07. The van der Waals surface area contributed by atoms with Gasteiger partial charge in [0, 0.05) is 43.2 Å². The van der Waals surface area contributed by atoms with Gasteiger partial charge in [0.15, 0.2) is 0 Å². The van der Waals surface area contributed by atoms with Crippen LogP contribution in [0.1, 0.15) is 44.1 Å². The lowest BCUT2D eigenvalue weighted by molar-refractivity contribution is -0.139. The fourth-order valence-electron chi connectivity index (χ4n) is 4.44. The number of nitrogens with zero attached hydrogens (tertiary/aromatic N) is 2. The van der Waals surface area contributed by atoms with Gasteiger partial charge >= 0.3 is 0 Å². The lowest BCUT2D eigenvalue weighted by Crippen LogP contribution is -2.50. The van der Waals surface area contributed by atoms with Crippen LogP contribution < -0.4 is 4.74 Å². The number of hydrogen-bond donors (Lipinski definition) is 0. The van der Waals surface area contributed by atoms with Gasteiger partial charge in [0.05, 0.1) is 5.41 Å². The standard InChI is InChI=1S/C22H25ClN2O2/c23-18-8-6-17(7-9-18)22(12-2-3-13-22)21(26)25-15-10-19(11-16-25)27-20-5-1-4-14-24-20/h1,4-9,14,19H,2-3,10-13,15-16H2. The first kappa shape index (κ1) is 18.3. The average molecular weight is 385 g/mol. The van der Waals surface area contributed by atoms with Crippen molar-refractivity contribution in [2.75, 3.05) is 13.1 Å². The van der Waals surface area contributed by atoms with E-state index in [1.165, 1.54) is 0 Å². The highest BCUT2D eigenvalue weighted by Crippen LogP contribution is 2.43. The predicted molar refractivity (Wildman–Crippen MR) is 106 cm³/mol. The van der Waals surface area contributed by atoms with Gasteiger partial charge < -0.3 is 9.64 Å². The van der Waals surface area contributed by atoms with Crippen LogP contribution in [0.2, 0.25) is 5.02 Å². The van der Waals surface area contributed by atoms with Crippen molar-refractivity contribution in [1.82, 2.24) is 9.88 Å². The molecule has 1 aromatic heterocycles. The van der Waals surface area contributed by atoms with Gasteiger partial charge in [-0.3, -0.25) is 4.79 Å². The van der Waals surface area contributed by atoms with E-state index < -0.39 is 0 Å². The van der Waals surface area contributed by atoms with Crippen molar-refractivity contribution >= 4 is 17.5 Å². The summed E-state index contributed by atoms with van der Waals surface area (Å²) in [6, 6.07) is 13.5. The van der Waals surface area contributed by atoms with Crippen molar-refractivity contribution in [3.63, 3.8) is 0 Å². The first-order chi connectivity index (χ1) is 13.2. The number of benzene rings is 1. The van der Waals surface area contributed by atoms with Gasteiger partial charge in [0.1, 0.15) is 6.10 Å². The second kappa shape index (κ2) is 7.89.